The molecule has 0 radical (unpaired) electrons. The van der Waals surface area contributed by atoms with Gasteiger partial charge in [0.25, 0.3) is 0 Å². The van der Waals surface area contributed by atoms with E-state index in [2.05, 4.69) is 6.58 Å². The Kier molecular flexibility index (Phi) is 3.13. The zero-order valence-corrected chi connectivity index (χ0v) is 11.0. The van der Waals surface area contributed by atoms with E-state index in [1.807, 2.05) is 66.7 Å². The Morgan fingerprint density at radius 3 is 2.45 bits per heavy atom. The highest BCUT2D eigenvalue weighted by atomic mass is 16.3. The van der Waals surface area contributed by atoms with Crippen molar-refractivity contribution in [1.29, 1.82) is 0 Å². The Hall–Kier alpha value is -2.74. The van der Waals surface area contributed by atoms with Gasteiger partial charge >= 0.3 is 0 Å². The van der Waals surface area contributed by atoms with Crippen LogP contribution in [0.25, 0.3) is 16.9 Å². The summed E-state index contributed by atoms with van der Waals surface area (Å²) in [6, 6.07) is 21.5. The number of furan rings is 1. The van der Waals surface area contributed by atoms with Gasteiger partial charge in [-0.1, -0.05) is 49.0 Å². The SMILES string of the molecule is C=C(c1cccc(N)c1)c1ccc(-c2ccccc2)o1. The molecule has 0 spiro atoms. The van der Waals surface area contributed by atoms with E-state index < -0.39 is 0 Å². The highest BCUT2D eigenvalue weighted by molar-refractivity contribution is 5.77. The van der Waals surface area contributed by atoms with E-state index in [1.54, 1.807) is 0 Å². The fourth-order valence-electron chi connectivity index (χ4n) is 2.13. The molecular weight excluding hydrogens is 246 g/mol. The molecule has 1 aromatic heterocycles. The van der Waals surface area contributed by atoms with Gasteiger partial charge in [-0.3, -0.25) is 0 Å². The van der Waals surface area contributed by atoms with Crippen LogP contribution in [0, 0.1) is 0 Å². The molecule has 0 saturated carbocycles. The molecule has 1 heterocycles. The summed E-state index contributed by atoms with van der Waals surface area (Å²) in [7, 11) is 0. The molecule has 2 aromatic carbocycles. The zero-order valence-electron chi connectivity index (χ0n) is 11.0. The van der Waals surface area contributed by atoms with Crippen molar-refractivity contribution in [2.75, 3.05) is 5.73 Å². The third kappa shape index (κ3) is 2.36. The van der Waals surface area contributed by atoms with Crippen molar-refractivity contribution in [3.05, 3.63) is 84.6 Å². The van der Waals surface area contributed by atoms with Crippen LogP contribution in [0.2, 0.25) is 0 Å². The Morgan fingerprint density at radius 1 is 0.900 bits per heavy atom. The van der Waals surface area contributed by atoms with Gasteiger partial charge in [-0.2, -0.15) is 0 Å². The van der Waals surface area contributed by atoms with Crippen molar-refractivity contribution in [3.8, 4) is 11.3 Å². The van der Waals surface area contributed by atoms with Crippen LogP contribution in [0.5, 0.6) is 0 Å². The molecule has 2 nitrogen and oxygen atoms in total. The molecule has 0 fully saturated rings. The van der Waals surface area contributed by atoms with Gasteiger partial charge in [-0.25, -0.2) is 0 Å². The van der Waals surface area contributed by atoms with E-state index in [-0.39, 0.29) is 0 Å². The molecule has 0 aliphatic rings. The van der Waals surface area contributed by atoms with Crippen LogP contribution in [0.15, 0.2) is 77.7 Å². The maximum absolute atomic E-state index is 5.89. The first-order valence-corrected chi connectivity index (χ1v) is 6.44. The maximum atomic E-state index is 5.89. The van der Waals surface area contributed by atoms with Gasteiger partial charge < -0.3 is 10.2 Å². The van der Waals surface area contributed by atoms with Crippen LogP contribution in [-0.4, -0.2) is 0 Å². The Labute approximate surface area is 118 Å². The van der Waals surface area contributed by atoms with Crippen molar-refractivity contribution in [2.24, 2.45) is 0 Å². The number of nitrogens with two attached hydrogens (primary N) is 1. The van der Waals surface area contributed by atoms with E-state index in [0.29, 0.717) is 0 Å². The second-order valence-corrected chi connectivity index (χ2v) is 4.63. The topological polar surface area (TPSA) is 39.2 Å². The highest BCUT2D eigenvalue weighted by Crippen LogP contribution is 2.29. The minimum Gasteiger partial charge on any atom is -0.456 e. The molecule has 98 valence electrons. The third-order valence-electron chi connectivity index (χ3n) is 3.20. The second-order valence-electron chi connectivity index (χ2n) is 4.63. The second kappa shape index (κ2) is 5.10. The van der Waals surface area contributed by atoms with Crippen molar-refractivity contribution < 1.29 is 4.42 Å². The van der Waals surface area contributed by atoms with Gasteiger partial charge in [0.1, 0.15) is 11.5 Å². The van der Waals surface area contributed by atoms with Crippen LogP contribution >= 0.6 is 0 Å². The molecule has 0 aliphatic heterocycles. The van der Waals surface area contributed by atoms with Gasteiger partial charge in [-0.05, 0) is 29.8 Å². The standard InChI is InChI=1S/C18H15NO/c1-13(15-8-5-9-16(19)12-15)17-10-11-18(20-17)14-6-3-2-4-7-14/h2-12H,1,19H2. The summed E-state index contributed by atoms with van der Waals surface area (Å²) < 4.78 is 5.89. The van der Waals surface area contributed by atoms with Gasteiger partial charge in [0.15, 0.2) is 0 Å². The van der Waals surface area contributed by atoms with Crippen LogP contribution in [0.3, 0.4) is 0 Å². The number of hydrogen-bond donors (Lipinski definition) is 1. The van der Waals surface area contributed by atoms with E-state index in [4.69, 9.17) is 10.2 Å². The van der Waals surface area contributed by atoms with E-state index in [1.165, 1.54) is 0 Å². The lowest BCUT2D eigenvalue weighted by Gasteiger charge is -2.04. The van der Waals surface area contributed by atoms with Gasteiger partial charge in [0.2, 0.25) is 0 Å². The highest BCUT2D eigenvalue weighted by Gasteiger charge is 2.09. The third-order valence-corrected chi connectivity index (χ3v) is 3.20. The zero-order chi connectivity index (χ0) is 13.9. The predicted molar refractivity (Wildman–Crippen MR) is 83.1 cm³/mol. The minimum absolute atomic E-state index is 0.721. The molecule has 0 saturated heterocycles. The Bertz CT molecular complexity index is 741. The number of rotatable bonds is 3. The normalized spacial score (nSPS) is 10.4. The number of nitrogen functional groups attached to an aromatic ring is 1. The molecule has 0 aliphatic carbocycles. The fraction of sp³-hybridized carbons (Fsp3) is 0. The summed E-state index contributed by atoms with van der Waals surface area (Å²) in [5.74, 6) is 1.60. The molecular formula is C18H15NO. The molecule has 20 heavy (non-hydrogen) atoms. The maximum Gasteiger partial charge on any atom is 0.134 e. The number of anilines is 1. The van der Waals surface area contributed by atoms with Crippen LogP contribution in [0.1, 0.15) is 11.3 Å². The van der Waals surface area contributed by atoms with Crippen molar-refractivity contribution >= 4 is 11.3 Å². The number of benzene rings is 2. The van der Waals surface area contributed by atoms with Crippen LogP contribution in [0.4, 0.5) is 5.69 Å². The summed E-state index contributed by atoms with van der Waals surface area (Å²) in [4.78, 5) is 0. The summed E-state index contributed by atoms with van der Waals surface area (Å²) in [5.41, 5.74) is 9.38. The van der Waals surface area contributed by atoms with E-state index in [0.717, 1.165) is 33.9 Å². The monoisotopic (exact) mass is 261 g/mol. The molecule has 2 N–H and O–H groups in total. The minimum atomic E-state index is 0.721. The molecule has 2 heteroatoms. The fourth-order valence-corrected chi connectivity index (χ4v) is 2.13. The lowest BCUT2D eigenvalue weighted by atomic mass is 10.1. The Balaban J connectivity index is 1.93. The van der Waals surface area contributed by atoms with Gasteiger partial charge in [0, 0.05) is 16.8 Å². The lowest BCUT2D eigenvalue weighted by molar-refractivity contribution is 0.568. The summed E-state index contributed by atoms with van der Waals surface area (Å²) in [5, 5.41) is 0. The number of hydrogen-bond acceptors (Lipinski definition) is 2. The first-order chi connectivity index (χ1) is 9.74. The molecule has 3 rings (SSSR count). The van der Waals surface area contributed by atoms with Crippen LogP contribution in [-0.2, 0) is 0 Å². The summed E-state index contributed by atoms with van der Waals surface area (Å²) in [6.45, 7) is 4.09. The van der Waals surface area contributed by atoms with Crippen molar-refractivity contribution in [3.63, 3.8) is 0 Å². The smallest absolute Gasteiger partial charge is 0.134 e. The average molecular weight is 261 g/mol. The molecule has 0 unspecified atom stereocenters. The summed E-state index contributed by atoms with van der Waals surface area (Å²) in [6.07, 6.45) is 0. The Morgan fingerprint density at radius 2 is 1.70 bits per heavy atom. The predicted octanol–water partition coefficient (Wildman–Crippen LogP) is 4.59. The van der Waals surface area contributed by atoms with E-state index in [9.17, 15) is 0 Å². The molecule has 0 amide bonds. The van der Waals surface area contributed by atoms with Gasteiger partial charge in [-0.15, -0.1) is 0 Å². The lowest BCUT2D eigenvalue weighted by Crippen LogP contribution is -1.88. The quantitative estimate of drug-likeness (QED) is 0.700. The molecule has 0 atom stereocenters. The first-order valence-electron chi connectivity index (χ1n) is 6.44. The van der Waals surface area contributed by atoms with Crippen molar-refractivity contribution in [1.82, 2.24) is 0 Å². The van der Waals surface area contributed by atoms with Crippen LogP contribution < -0.4 is 5.73 Å². The largest absolute Gasteiger partial charge is 0.456 e. The molecule has 0 bridgehead atoms. The van der Waals surface area contributed by atoms with E-state index >= 15 is 0 Å². The molecule has 3 aromatic rings. The first kappa shape index (κ1) is 12.3. The van der Waals surface area contributed by atoms with Gasteiger partial charge in [0.05, 0.1) is 0 Å². The average Bonchev–Trinajstić information content (AvgIpc) is 2.97. The summed E-state index contributed by atoms with van der Waals surface area (Å²) >= 11 is 0. The van der Waals surface area contributed by atoms with Crippen molar-refractivity contribution in [2.45, 2.75) is 0 Å².